The summed E-state index contributed by atoms with van der Waals surface area (Å²) in [7, 11) is 0. The Balaban J connectivity index is 2.23. The van der Waals surface area contributed by atoms with E-state index in [1.54, 1.807) is 6.20 Å². The maximum Gasteiger partial charge on any atom is 0.137 e. The van der Waals surface area contributed by atoms with Gasteiger partial charge in [-0.15, -0.1) is 0 Å². The second-order valence-corrected chi connectivity index (χ2v) is 3.11. The minimum absolute atomic E-state index is 0.910. The molecule has 3 aromatic heterocycles. The van der Waals surface area contributed by atoms with Crippen molar-refractivity contribution >= 4 is 11.0 Å². The molecule has 0 atom stereocenters. The Morgan fingerprint density at radius 1 is 1.21 bits per heavy atom. The number of pyridine rings is 1. The molecular formula is C10H8N4. The fourth-order valence-electron chi connectivity index (χ4n) is 1.50. The lowest BCUT2D eigenvalue weighted by atomic mass is 10.2. The average molecular weight is 184 g/mol. The van der Waals surface area contributed by atoms with E-state index < -0.39 is 0 Å². The van der Waals surface area contributed by atoms with Gasteiger partial charge in [0.05, 0.1) is 5.69 Å². The zero-order chi connectivity index (χ0) is 9.38. The van der Waals surface area contributed by atoms with Crippen molar-refractivity contribution in [3.05, 3.63) is 36.8 Å². The number of fused-ring (bicyclic) bond motifs is 1. The normalized spacial score (nSPS) is 10.9. The predicted octanol–water partition coefficient (Wildman–Crippen LogP) is 1.95. The molecule has 0 aliphatic heterocycles. The zero-order valence-corrected chi connectivity index (χ0v) is 7.36. The van der Waals surface area contributed by atoms with Gasteiger partial charge in [0, 0.05) is 29.5 Å². The van der Waals surface area contributed by atoms with Gasteiger partial charge in [-0.3, -0.25) is 5.10 Å². The summed E-state index contributed by atoms with van der Waals surface area (Å²) in [6, 6.07) is 6.00. The van der Waals surface area contributed by atoms with Gasteiger partial charge in [0.25, 0.3) is 0 Å². The highest BCUT2D eigenvalue weighted by Gasteiger charge is 2.01. The molecule has 14 heavy (non-hydrogen) atoms. The fourth-order valence-corrected chi connectivity index (χ4v) is 1.50. The molecule has 0 spiro atoms. The Kier molecular flexibility index (Phi) is 1.41. The van der Waals surface area contributed by atoms with Gasteiger partial charge in [0.15, 0.2) is 0 Å². The molecule has 0 aliphatic carbocycles. The van der Waals surface area contributed by atoms with Crippen molar-refractivity contribution in [2.45, 2.75) is 0 Å². The van der Waals surface area contributed by atoms with Gasteiger partial charge in [0.1, 0.15) is 5.65 Å². The average Bonchev–Trinajstić information content (AvgIpc) is 2.88. The second-order valence-electron chi connectivity index (χ2n) is 3.11. The van der Waals surface area contributed by atoms with Crippen LogP contribution in [-0.2, 0) is 0 Å². The Bertz CT molecular complexity index is 550. The molecule has 0 aliphatic rings. The van der Waals surface area contributed by atoms with Gasteiger partial charge >= 0.3 is 0 Å². The van der Waals surface area contributed by atoms with Crippen LogP contribution >= 0.6 is 0 Å². The molecule has 0 saturated carbocycles. The molecule has 0 bridgehead atoms. The van der Waals surface area contributed by atoms with E-state index in [0.29, 0.717) is 0 Å². The molecule has 0 aromatic carbocycles. The third-order valence-electron chi connectivity index (χ3n) is 2.21. The molecular weight excluding hydrogens is 176 g/mol. The van der Waals surface area contributed by atoms with Crippen molar-refractivity contribution in [3.8, 4) is 11.3 Å². The van der Waals surface area contributed by atoms with E-state index in [-0.39, 0.29) is 0 Å². The van der Waals surface area contributed by atoms with Crippen molar-refractivity contribution in [1.29, 1.82) is 0 Å². The van der Waals surface area contributed by atoms with E-state index in [1.807, 2.05) is 24.5 Å². The Morgan fingerprint density at radius 2 is 2.21 bits per heavy atom. The molecule has 3 aromatic rings. The number of H-pyrrole nitrogens is 2. The standard InChI is InChI=1S/C10H8N4/c1-3-11-10-7(1)5-8(6-12-10)9-2-4-13-14-9/h1-6H,(H,11,12)(H,13,14). The smallest absolute Gasteiger partial charge is 0.137 e. The lowest BCUT2D eigenvalue weighted by Gasteiger charge is -1.96. The maximum absolute atomic E-state index is 4.29. The van der Waals surface area contributed by atoms with Gasteiger partial charge in [0.2, 0.25) is 0 Å². The summed E-state index contributed by atoms with van der Waals surface area (Å²) in [5, 5.41) is 7.92. The zero-order valence-electron chi connectivity index (χ0n) is 7.36. The molecule has 0 fully saturated rings. The van der Waals surface area contributed by atoms with Crippen LogP contribution in [0.25, 0.3) is 22.3 Å². The van der Waals surface area contributed by atoms with E-state index in [0.717, 1.165) is 22.3 Å². The highest BCUT2D eigenvalue weighted by Crippen LogP contribution is 2.19. The second kappa shape index (κ2) is 2.70. The van der Waals surface area contributed by atoms with Crippen LogP contribution in [0.5, 0.6) is 0 Å². The van der Waals surface area contributed by atoms with Crippen molar-refractivity contribution in [3.63, 3.8) is 0 Å². The van der Waals surface area contributed by atoms with E-state index in [4.69, 9.17) is 0 Å². The van der Waals surface area contributed by atoms with Gasteiger partial charge in [-0.05, 0) is 18.2 Å². The summed E-state index contributed by atoms with van der Waals surface area (Å²) in [6.45, 7) is 0. The number of nitrogens with one attached hydrogen (secondary N) is 2. The van der Waals surface area contributed by atoms with Crippen LogP contribution in [0.3, 0.4) is 0 Å². The lowest BCUT2D eigenvalue weighted by Crippen LogP contribution is -1.81. The minimum Gasteiger partial charge on any atom is -0.346 e. The molecule has 0 radical (unpaired) electrons. The fraction of sp³-hybridized carbons (Fsp3) is 0. The van der Waals surface area contributed by atoms with Crippen LogP contribution in [0, 0.1) is 0 Å². The van der Waals surface area contributed by atoms with E-state index in [2.05, 4.69) is 26.2 Å². The monoisotopic (exact) mass is 184 g/mol. The molecule has 68 valence electrons. The van der Waals surface area contributed by atoms with Crippen LogP contribution in [0.15, 0.2) is 36.8 Å². The van der Waals surface area contributed by atoms with Gasteiger partial charge in [-0.25, -0.2) is 4.98 Å². The number of aromatic amines is 2. The SMILES string of the molecule is c1cc(-c2cnc3[nH]ccc3c2)[nH]n1. The quantitative estimate of drug-likeness (QED) is 0.607. The third-order valence-corrected chi connectivity index (χ3v) is 2.21. The van der Waals surface area contributed by atoms with Crippen molar-refractivity contribution < 1.29 is 0 Å². The molecule has 0 saturated heterocycles. The van der Waals surface area contributed by atoms with Crippen LogP contribution in [0.1, 0.15) is 0 Å². The molecule has 3 rings (SSSR count). The summed E-state index contributed by atoms with van der Waals surface area (Å²) < 4.78 is 0. The molecule has 0 amide bonds. The van der Waals surface area contributed by atoms with Crippen LogP contribution in [-0.4, -0.2) is 20.2 Å². The summed E-state index contributed by atoms with van der Waals surface area (Å²) >= 11 is 0. The molecule has 4 heteroatoms. The first kappa shape index (κ1) is 7.32. The predicted molar refractivity (Wildman–Crippen MR) is 53.7 cm³/mol. The first-order valence-electron chi connectivity index (χ1n) is 4.36. The molecule has 0 unspecified atom stereocenters. The maximum atomic E-state index is 4.29. The first-order valence-corrected chi connectivity index (χ1v) is 4.36. The Labute approximate surface area is 80.0 Å². The van der Waals surface area contributed by atoms with Crippen LogP contribution < -0.4 is 0 Å². The molecule has 2 N–H and O–H groups in total. The first-order chi connectivity index (χ1) is 6.93. The molecule has 3 heterocycles. The van der Waals surface area contributed by atoms with E-state index in [9.17, 15) is 0 Å². The number of rotatable bonds is 1. The number of aromatic nitrogens is 4. The number of nitrogens with zero attached hydrogens (tertiary/aromatic N) is 2. The summed E-state index contributed by atoms with van der Waals surface area (Å²) in [5.74, 6) is 0. The summed E-state index contributed by atoms with van der Waals surface area (Å²) in [6.07, 6.45) is 5.44. The van der Waals surface area contributed by atoms with Gasteiger partial charge < -0.3 is 4.98 Å². The van der Waals surface area contributed by atoms with Gasteiger partial charge in [-0.1, -0.05) is 0 Å². The highest BCUT2D eigenvalue weighted by molar-refractivity contribution is 5.80. The van der Waals surface area contributed by atoms with Crippen molar-refractivity contribution in [1.82, 2.24) is 20.2 Å². The Morgan fingerprint density at radius 3 is 3.07 bits per heavy atom. The van der Waals surface area contributed by atoms with Crippen molar-refractivity contribution in [2.24, 2.45) is 0 Å². The molecule has 4 nitrogen and oxygen atoms in total. The Hall–Kier alpha value is -2.10. The largest absolute Gasteiger partial charge is 0.346 e. The highest BCUT2D eigenvalue weighted by atomic mass is 15.1. The number of hydrogen-bond acceptors (Lipinski definition) is 2. The minimum atomic E-state index is 0.910. The van der Waals surface area contributed by atoms with E-state index in [1.165, 1.54) is 0 Å². The van der Waals surface area contributed by atoms with Crippen LogP contribution in [0.2, 0.25) is 0 Å². The van der Waals surface area contributed by atoms with Crippen molar-refractivity contribution in [2.75, 3.05) is 0 Å². The topological polar surface area (TPSA) is 57.4 Å². The third kappa shape index (κ3) is 1.01. The van der Waals surface area contributed by atoms with E-state index >= 15 is 0 Å². The lowest BCUT2D eigenvalue weighted by molar-refractivity contribution is 1.09. The summed E-state index contributed by atoms with van der Waals surface area (Å²) in [4.78, 5) is 7.35. The number of hydrogen-bond donors (Lipinski definition) is 2. The summed E-state index contributed by atoms with van der Waals surface area (Å²) in [5.41, 5.74) is 2.95. The van der Waals surface area contributed by atoms with Gasteiger partial charge in [-0.2, -0.15) is 5.10 Å². The van der Waals surface area contributed by atoms with Crippen LogP contribution in [0.4, 0.5) is 0 Å².